The van der Waals surface area contributed by atoms with E-state index in [1.165, 1.54) is 25.7 Å². The number of imidazole rings is 1. The van der Waals surface area contributed by atoms with Gasteiger partial charge < -0.3 is 4.57 Å². The maximum Gasteiger partial charge on any atom is 0.160 e. The third-order valence-corrected chi connectivity index (χ3v) is 4.42. The second-order valence-electron chi connectivity index (χ2n) is 5.63. The number of fused-ring (bicyclic) bond motifs is 1. The van der Waals surface area contributed by atoms with E-state index < -0.39 is 0 Å². The van der Waals surface area contributed by atoms with E-state index in [2.05, 4.69) is 16.5 Å². The lowest BCUT2D eigenvalue weighted by atomic mass is 9.85. The minimum atomic E-state index is -0.0803. The Hall–Kier alpha value is -1.09. The Balaban J connectivity index is 2.16. The van der Waals surface area contributed by atoms with Crippen molar-refractivity contribution < 1.29 is 0 Å². The average Bonchev–Trinajstić information content (AvgIpc) is 2.79. The van der Waals surface area contributed by atoms with Gasteiger partial charge >= 0.3 is 0 Å². The topological polar surface area (TPSA) is 30.7 Å². The summed E-state index contributed by atoms with van der Waals surface area (Å²) >= 11 is 6.34. The van der Waals surface area contributed by atoms with Crippen molar-refractivity contribution in [3.05, 3.63) is 24.2 Å². The second kappa shape index (κ2) is 5.12. The number of nitrogens with zero attached hydrogens (tertiary/aromatic N) is 3. The van der Waals surface area contributed by atoms with Gasteiger partial charge in [0.2, 0.25) is 0 Å². The smallest absolute Gasteiger partial charge is 0.160 e. The number of pyridine rings is 1. The van der Waals surface area contributed by atoms with Crippen LogP contribution < -0.4 is 0 Å². The molecule has 0 amide bonds. The Morgan fingerprint density at radius 3 is 2.89 bits per heavy atom. The predicted molar refractivity (Wildman–Crippen MR) is 78.5 cm³/mol. The first kappa shape index (κ1) is 12.9. The van der Waals surface area contributed by atoms with Gasteiger partial charge in [0.05, 0.1) is 5.38 Å². The molecule has 0 aromatic carbocycles. The highest BCUT2D eigenvalue weighted by molar-refractivity contribution is 6.20. The maximum absolute atomic E-state index is 6.34. The van der Waals surface area contributed by atoms with Crippen LogP contribution in [0.5, 0.6) is 0 Å². The van der Waals surface area contributed by atoms with E-state index in [-0.39, 0.29) is 5.38 Å². The van der Waals surface area contributed by atoms with Gasteiger partial charge in [0, 0.05) is 12.2 Å². The standard InChI is InChI=1S/C15H20ClN3/c1-10-6-3-4-8-13(10)19-14(11(2)16)18-12-7-5-9-17-15(12)19/h5,7,9-11,13H,3-4,6,8H2,1-2H3. The number of hydrogen-bond acceptors (Lipinski definition) is 2. The second-order valence-corrected chi connectivity index (χ2v) is 6.29. The molecule has 3 atom stereocenters. The van der Waals surface area contributed by atoms with Crippen LogP contribution in [0.25, 0.3) is 11.2 Å². The lowest BCUT2D eigenvalue weighted by Crippen LogP contribution is -2.23. The molecule has 1 saturated carbocycles. The molecule has 4 heteroatoms. The Labute approximate surface area is 119 Å². The number of aromatic nitrogens is 3. The van der Waals surface area contributed by atoms with Crippen molar-refractivity contribution in [1.82, 2.24) is 14.5 Å². The SMILES string of the molecule is CC(Cl)c1nc2cccnc2n1C1CCCCC1C. The quantitative estimate of drug-likeness (QED) is 0.758. The third-order valence-electron chi connectivity index (χ3n) is 4.23. The molecule has 3 rings (SSSR count). The lowest BCUT2D eigenvalue weighted by Gasteiger charge is -2.31. The molecule has 1 aliphatic carbocycles. The van der Waals surface area contributed by atoms with Crippen LogP contribution in [-0.4, -0.2) is 14.5 Å². The predicted octanol–water partition coefficient (Wildman–Crippen LogP) is 4.48. The van der Waals surface area contributed by atoms with E-state index in [0.717, 1.165) is 17.0 Å². The molecule has 0 saturated heterocycles. The summed E-state index contributed by atoms with van der Waals surface area (Å²) in [5.41, 5.74) is 1.95. The third kappa shape index (κ3) is 2.25. The molecule has 2 aromatic heterocycles. The van der Waals surface area contributed by atoms with Gasteiger partial charge in [-0.3, -0.25) is 0 Å². The van der Waals surface area contributed by atoms with Gasteiger partial charge in [-0.05, 0) is 37.8 Å². The first-order valence-corrected chi connectivity index (χ1v) is 7.59. The minimum absolute atomic E-state index is 0.0803. The summed E-state index contributed by atoms with van der Waals surface area (Å²) in [6.07, 6.45) is 6.96. The first-order valence-electron chi connectivity index (χ1n) is 7.15. The summed E-state index contributed by atoms with van der Waals surface area (Å²) in [7, 11) is 0. The minimum Gasteiger partial charge on any atom is -0.308 e. The van der Waals surface area contributed by atoms with Crippen LogP contribution in [0, 0.1) is 5.92 Å². The van der Waals surface area contributed by atoms with Crippen molar-refractivity contribution in [2.75, 3.05) is 0 Å². The van der Waals surface area contributed by atoms with Crippen molar-refractivity contribution in [1.29, 1.82) is 0 Å². The fraction of sp³-hybridized carbons (Fsp3) is 0.600. The highest BCUT2D eigenvalue weighted by atomic mass is 35.5. The molecule has 1 fully saturated rings. The fourth-order valence-corrected chi connectivity index (χ4v) is 3.39. The van der Waals surface area contributed by atoms with Crippen molar-refractivity contribution in [2.45, 2.75) is 50.9 Å². The van der Waals surface area contributed by atoms with Crippen molar-refractivity contribution >= 4 is 22.8 Å². The van der Waals surface area contributed by atoms with E-state index in [1.54, 1.807) is 0 Å². The van der Waals surface area contributed by atoms with Crippen LogP contribution in [0.4, 0.5) is 0 Å². The molecule has 0 spiro atoms. The van der Waals surface area contributed by atoms with Crippen LogP contribution in [0.15, 0.2) is 18.3 Å². The van der Waals surface area contributed by atoms with Crippen molar-refractivity contribution in [3.63, 3.8) is 0 Å². The molecule has 0 aliphatic heterocycles. The molecule has 3 unspecified atom stereocenters. The van der Waals surface area contributed by atoms with Gasteiger partial charge in [0.1, 0.15) is 11.3 Å². The largest absolute Gasteiger partial charge is 0.308 e. The van der Waals surface area contributed by atoms with Crippen molar-refractivity contribution in [3.8, 4) is 0 Å². The molecule has 0 radical (unpaired) electrons. The van der Waals surface area contributed by atoms with Crippen LogP contribution >= 0.6 is 11.6 Å². The Bertz CT molecular complexity index is 576. The van der Waals surface area contributed by atoms with Crippen LogP contribution in [-0.2, 0) is 0 Å². The zero-order valence-electron chi connectivity index (χ0n) is 11.5. The molecule has 2 heterocycles. The van der Waals surface area contributed by atoms with E-state index in [0.29, 0.717) is 12.0 Å². The first-order chi connectivity index (χ1) is 9.18. The molecule has 0 bridgehead atoms. The van der Waals surface area contributed by atoms with Crippen LogP contribution in [0.1, 0.15) is 56.8 Å². The summed E-state index contributed by atoms with van der Waals surface area (Å²) in [5.74, 6) is 1.64. The van der Waals surface area contributed by atoms with E-state index in [9.17, 15) is 0 Å². The number of rotatable bonds is 2. The lowest BCUT2D eigenvalue weighted by molar-refractivity contribution is 0.256. The van der Waals surface area contributed by atoms with Crippen LogP contribution in [0.3, 0.4) is 0 Å². The van der Waals surface area contributed by atoms with Gasteiger partial charge in [-0.2, -0.15) is 0 Å². The molecular weight excluding hydrogens is 258 g/mol. The number of halogens is 1. The monoisotopic (exact) mass is 277 g/mol. The molecular formula is C15H20ClN3. The van der Waals surface area contributed by atoms with Gasteiger partial charge in [-0.1, -0.05) is 19.8 Å². The van der Waals surface area contributed by atoms with Gasteiger partial charge in [0.25, 0.3) is 0 Å². The zero-order chi connectivity index (χ0) is 13.4. The maximum atomic E-state index is 6.34. The molecule has 0 N–H and O–H groups in total. The van der Waals surface area contributed by atoms with E-state index in [4.69, 9.17) is 16.6 Å². The summed E-state index contributed by atoms with van der Waals surface area (Å²) in [6, 6.07) is 4.45. The molecule has 102 valence electrons. The summed E-state index contributed by atoms with van der Waals surface area (Å²) < 4.78 is 2.30. The Morgan fingerprint density at radius 1 is 1.37 bits per heavy atom. The summed E-state index contributed by atoms with van der Waals surface area (Å²) in [6.45, 7) is 4.33. The van der Waals surface area contributed by atoms with Gasteiger partial charge in [0.15, 0.2) is 5.65 Å². The van der Waals surface area contributed by atoms with Crippen molar-refractivity contribution in [2.24, 2.45) is 5.92 Å². The molecule has 2 aromatic rings. The highest BCUT2D eigenvalue weighted by Crippen LogP contribution is 2.38. The normalized spacial score (nSPS) is 25.6. The van der Waals surface area contributed by atoms with E-state index in [1.807, 2.05) is 25.3 Å². The number of alkyl halides is 1. The Kier molecular flexibility index (Phi) is 3.48. The summed E-state index contributed by atoms with van der Waals surface area (Å²) in [5, 5.41) is -0.0803. The Morgan fingerprint density at radius 2 is 2.16 bits per heavy atom. The van der Waals surface area contributed by atoms with E-state index >= 15 is 0 Å². The molecule has 19 heavy (non-hydrogen) atoms. The highest BCUT2D eigenvalue weighted by Gasteiger charge is 2.28. The number of hydrogen-bond donors (Lipinski definition) is 0. The van der Waals surface area contributed by atoms with Gasteiger partial charge in [-0.25, -0.2) is 9.97 Å². The molecule has 1 aliphatic rings. The van der Waals surface area contributed by atoms with Gasteiger partial charge in [-0.15, -0.1) is 11.6 Å². The summed E-state index contributed by atoms with van der Waals surface area (Å²) in [4.78, 5) is 9.23. The molecule has 3 nitrogen and oxygen atoms in total. The zero-order valence-corrected chi connectivity index (χ0v) is 12.3. The fourth-order valence-electron chi connectivity index (χ4n) is 3.23. The van der Waals surface area contributed by atoms with Crippen LogP contribution in [0.2, 0.25) is 0 Å². The average molecular weight is 278 g/mol.